The lowest BCUT2D eigenvalue weighted by molar-refractivity contribution is 0.0518. The summed E-state index contributed by atoms with van der Waals surface area (Å²) in [6, 6.07) is 13.0. The largest absolute Gasteiger partial charge is 0.461 e. The predicted octanol–water partition coefficient (Wildman–Crippen LogP) is 2.63. The minimum atomic E-state index is -3.72. The molecule has 2 heterocycles. The van der Waals surface area contributed by atoms with Gasteiger partial charge < -0.3 is 14.8 Å². The Hall–Kier alpha value is -3.54. The zero-order valence-corrected chi connectivity index (χ0v) is 20.2. The zero-order chi connectivity index (χ0) is 25.0. The van der Waals surface area contributed by atoms with Crippen LogP contribution in [0.15, 0.2) is 59.6 Å². The smallest absolute Gasteiger partial charge is 0.358 e. The van der Waals surface area contributed by atoms with Crippen LogP contribution in [0.5, 0.6) is 0 Å². The summed E-state index contributed by atoms with van der Waals surface area (Å²) in [5.41, 5.74) is 2.34. The van der Waals surface area contributed by atoms with E-state index >= 15 is 0 Å². The van der Waals surface area contributed by atoms with Gasteiger partial charge in [0.25, 0.3) is 5.91 Å². The number of benzene rings is 2. The van der Waals surface area contributed by atoms with E-state index in [9.17, 15) is 18.0 Å². The Morgan fingerprint density at radius 1 is 1.09 bits per heavy atom. The molecule has 1 aromatic heterocycles. The fourth-order valence-electron chi connectivity index (χ4n) is 3.62. The number of carbonyl (C=O) groups is 2. The van der Waals surface area contributed by atoms with E-state index in [2.05, 4.69) is 10.4 Å². The summed E-state index contributed by atoms with van der Waals surface area (Å²) in [7, 11) is -3.72. The molecule has 1 aliphatic heterocycles. The van der Waals surface area contributed by atoms with Crippen molar-refractivity contribution < 1.29 is 27.5 Å². The van der Waals surface area contributed by atoms with Gasteiger partial charge >= 0.3 is 5.97 Å². The standard InChI is InChI=1S/C24H26N4O6S/c1-3-34-24(30)22-10-11-28(26-22)19-7-5-18(6-8-19)25-23(29)21-16-20(9-4-17(21)2)35(31,32)27-12-14-33-15-13-27/h4-11,16H,3,12-15H2,1-2H3,(H,25,29). The lowest BCUT2D eigenvalue weighted by atomic mass is 10.1. The molecule has 3 aromatic rings. The molecule has 0 atom stereocenters. The maximum absolute atomic E-state index is 13.0. The molecule has 0 bridgehead atoms. The zero-order valence-electron chi connectivity index (χ0n) is 19.4. The molecule has 0 radical (unpaired) electrons. The van der Waals surface area contributed by atoms with E-state index in [1.807, 2.05) is 0 Å². The number of sulfonamides is 1. The van der Waals surface area contributed by atoms with Crippen LogP contribution >= 0.6 is 0 Å². The van der Waals surface area contributed by atoms with Crippen LogP contribution in [-0.4, -0.2) is 67.3 Å². The molecule has 11 heteroatoms. The van der Waals surface area contributed by atoms with Crippen molar-refractivity contribution in [2.24, 2.45) is 0 Å². The van der Waals surface area contributed by atoms with Gasteiger partial charge in [-0.15, -0.1) is 0 Å². The van der Waals surface area contributed by atoms with E-state index in [4.69, 9.17) is 9.47 Å². The molecule has 10 nitrogen and oxygen atoms in total. The van der Waals surface area contributed by atoms with E-state index in [0.717, 1.165) is 0 Å². The summed E-state index contributed by atoms with van der Waals surface area (Å²) in [6.45, 7) is 4.99. The number of nitrogens with zero attached hydrogens (tertiary/aromatic N) is 3. The van der Waals surface area contributed by atoms with Crippen LogP contribution < -0.4 is 5.32 Å². The monoisotopic (exact) mass is 498 g/mol. The number of hydrogen-bond donors (Lipinski definition) is 1. The summed E-state index contributed by atoms with van der Waals surface area (Å²) in [6.07, 6.45) is 1.64. The molecule has 0 saturated carbocycles. The van der Waals surface area contributed by atoms with Gasteiger partial charge in [-0.1, -0.05) is 6.07 Å². The number of morpholine rings is 1. The van der Waals surface area contributed by atoms with Crippen LogP contribution in [0.3, 0.4) is 0 Å². The van der Waals surface area contributed by atoms with Gasteiger partial charge in [0.1, 0.15) is 0 Å². The normalized spacial score (nSPS) is 14.5. The minimum Gasteiger partial charge on any atom is -0.461 e. The maximum Gasteiger partial charge on any atom is 0.358 e. The van der Waals surface area contributed by atoms with Crippen LogP contribution in [0, 0.1) is 6.92 Å². The van der Waals surface area contributed by atoms with Crippen molar-refractivity contribution in [3.05, 3.63) is 71.5 Å². The predicted molar refractivity (Wildman–Crippen MR) is 128 cm³/mol. The number of hydrogen-bond acceptors (Lipinski definition) is 7. The second kappa shape index (κ2) is 10.4. The molecule has 1 N–H and O–H groups in total. The molecule has 184 valence electrons. The number of amides is 1. The highest BCUT2D eigenvalue weighted by atomic mass is 32.2. The Balaban J connectivity index is 1.49. The summed E-state index contributed by atoms with van der Waals surface area (Å²) in [5, 5.41) is 7.01. The summed E-state index contributed by atoms with van der Waals surface area (Å²) in [4.78, 5) is 24.9. The second-order valence-electron chi connectivity index (χ2n) is 7.86. The van der Waals surface area contributed by atoms with Crippen molar-refractivity contribution in [2.45, 2.75) is 18.7 Å². The molecule has 2 aromatic carbocycles. The topological polar surface area (TPSA) is 120 Å². The van der Waals surface area contributed by atoms with E-state index in [1.54, 1.807) is 56.4 Å². The van der Waals surface area contributed by atoms with Crippen LogP contribution in [0.2, 0.25) is 0 Å². The van der Waals surface area contributed by atoms with Crippen molar-refractivity contribution >= 4 is 27.6 Å². The van der Waals surface area contributed by atoms with E-state index in [-0.39, 0.29) is 35.8 Å². The van der Waals surface area contributed by atoms with Gasteiger partial charge in [0.15, 0.2) is 5.69 Å². The van der Waals surface area contributed by atoms with Crippen molar-refractivity contribution in [3.8, 4) is 5.69 Å². The summed E-state index contributed by atoms with van der Waals surface area (Å²) >= 11 is 0. The van der Waals surface area contributed by atoms with Gasteiger partial charge in [-0.05, 0) is 61.9 Å². The highest BCUT2D eigenvalue weighted by Gasteiger charge is 2.27. The van der Waals surface area contributed by atoms with Gasteiger partial charge in [-0.2, -0.15) is 9.40 Å². The third-order valence-electron chi connectivity index (χ3n) is 5.52. The second-order valence-corrected chi connectivity index (χ2v) is 9.80. The Kier molecular flexibility index (Phi) is 7.29. The molecule has 4 rings (SSSR count). The molecule has 0 spiro atoms. The highest BCUT2D eigenvalue weighted by Crippen LogP contribution is 2.22. The highest BCUT2D eigenvalue weighted by molar-refractivity contribution is 7.89. The number of ether oxygens (including phenoxy) is 2. The third kappa shape index (κ3) is 5.42. The first-order chi connectivity index (χ1) is 16.8. The van der Waals surface area contributed by atoms with Crippen molar-refractivity contribution in [1.29, 1.82) is 0 Å². The van der Waals surface area contributed by atoms with Crippen molar-refractivity contribution in [2.75, 3.05) is 38.2 Å². The first-order valence-electron chi connectivity index (χ1n) is 11.1. The number of anilines is 1. The number of esters is 1. The quantitative estimate of drug-likeness (QED) is 0.497. The van der Waals surface area contributed by atoms with Crippen molar-refractivity contribution in [1.82, 2.24) is 14.1 Å². The molecule has 1 aliphatic rings. The van der Waals surface area contributed by atoms with Gasteiger partial charge in [0, 0.05) is 30.5 Å². The Labute approximate surface area is 203 Å². The summed E-state index contributed by atoms with van der Waals surface area (Å²) < 4.78 is 39.1. The van der Waals surface area contributed by atoms with Crippen LogP contribution in [0.4, 0.5) is 5.69 Å². The minimum absolute atomic E-state index is 0.0709. The summed E-state index contributed by atoms with van der Waals surface area (Å²) in [5.74, 6) is -0.915. The average Bonchev–Trinajstić information content (AvgIpc) is 3.36. The molecule has 1 amide bonds. The average molecular weight is 499 g/mol. The fraction of sp³-hybridized carbons (Fsp3) is 0.292. The van der Waals surface area contributed by atoms with Gasteiger partial charge in [0.05, 0.1) is 30.4 Å². The lowest BCUT2D eigenvalue weighted by Crippen LogP contribution is -2.40. The molecule has 1 saturated heterocycles. The van der Waals surface area contributed by atoms with E-state index in [1.165, 1.54) is 21.1 Å². The van der Waals surface area contributed by atoms with E-state index < -0.39 is 21.9 Å². The molecular weight excluding hydrogens is 472 g/mol. The number of carbonyl (C=O) groups excluding carboxylic acids is 2. The van der Waals surface area contributed by atoms with Crippen LogP contribution in [-0.2, 0) is 19.5 Å². The van der Waals surface area contributed by atoms with Gasteiger partial charge in [0.2, 0.25) is 10.0 Å². The number of aromatic nitrogens is 2. The number of aryl methyl sites for hydroxylation is 1. The maximum atomic E-state index is 13.0. The Morgan fingerprint density at radius 2 is 1.80 bits per heavy atom. The van der Waals surface area contributed by atoms with Crippen molar-refractivity contribution in [3.63, 3.8) is 0 Å². The first kappa shape index (κ1) is 24.6. The molecule has 0 unspecified atom stereocenters. The number of rotatable bonds is 7. The van der Waals surface area contributed by atoms with Crippen LogP contribution in [0.25, 0.3) is 5.69 Å². The fourth-order valence-corrected chi connectivity index (χ4v) is 5.05. The molecule has 0 aliphatic carbocycles. The Morgan fingerprint density at radius 3 is 2.49 bits per heavy atom. The molecular formula is C24H26N4O6S. The van der Waals surface area contributed by atoms with Crippen LogP contribution in [0.1, 0.15) is 33.3 Å². The number of nitrogens with one attached hydrogen (secondary N) is 1. The van der Waals surface area contributed by atoms with Gasteiger partial charge in [-0.25, -0.2) is 17.9 Å². The SMILES string of the molecule is CCOC(=O)c1ccn(-c2ccc(NC(=O)c3cc(S(=O)(=O)N4CCOCC4)ccc3C)cc2)n1. The molecule has 35 heavy (non-hydrogen) atoms. The van der Waals surface area contributed by atoms with Gasteiger partial charge in [-0.3, -0.25) is 4.79 Å². The third-order valence-corrected chi connectivity index (χ3v) is 7.42. The van der Waals surface area contributed by atoms with E-state index in [0.29, 0.717) is 30.2 Å². The lowest BCUT2D eigenvalue weighted by Gasteiger charge is -2.26. The Bertz CT molecular complexity index is 1330. The molecule has 1 fully saturated rings. The first-order valence-corrected chi connectivity index (χ1v) is 12.6.